The van der Waals surface area contributed by atoms with Crippen molar-refractivity contribution in [3.63, 3.8) is 0 Å². The number of benzene rings is 1. The normalized spacial score (nSPS) is 13.5. The van der Waals surface area contributed by atoms with Crippen molar-refractivity contribution in [2.75, 3.05) is 5.32 Å². The van der Waals surface area contributed by atoms with Gasteiger partial charge in [-0.1, -0.05) is 17.3 Å². The molecule has 4 rings (SSSR count). The molecule has 3 aromatic rings. The first-order valence-corrected chi connectivity index (χ1v) is 9.09. The summed E-state index contributed by atoms with van der Waals surface area (Å²) in [6.45, 7) is 5.77. The number of anilines is 1. The van der Waals surface area contributed by atoms with Crippen LogP contribution in [0.5, 0.6) is 0 Å². The van der Waals surface area contributed by atoms with Crippen molar-refractivity contribution in [3.05, 3.63) is 64.2 Å². The van der Waals surface area contributed by atoms with Crippen LogP contribution in [0.25, 0.3) is 5.82 Å². The van der Waals surface area contributed by atoms with Gasteiger partial charge in [0.2, 0.25) is 0 Å². The first-order chi connectivity index (χ1) is 12.5. The fourth-order valence-electron chi connectivity index (χ4n) is 3.89. The number of aromatic nitrogens is 2. The number of amides is 1. The molecule has 1 aromatic carbocycles. The lowest BCUT2D eigenvalue weighted by Crippen LogP contribution is -2.16. The van der Waals surface area contributed by atoms with Crippen molar-refractivity contribution in [2.45, 2.75) is 46.5 Å². The number of rotatable bonds is 3. The Morgan fingerprint density at radius 3 is 2.73 bits per heavy atom. The number of fused-ring (bicyclic) bond motifs is 1. The van der Waals surface area contributed by atoms with Gasteiger partial charge in [0.25, 0.3) is 5.91 Å². The van der Waals surface area contributed by atoms with E-state index >= 15 is 0 Å². The summed E-state index contributed by atoms with van der Waals surface area (Å²) < 4.78 is 7.14. The predicted octanol–water partition coefficient (Wildman–Crippen LogP) is 4.52. The first-order valence-electron chi connectivity index (χ1n) is 9.09. The van der Waals surface area contributed by atoms with Crippen LogP contribution in [0.3, 0.4) is 0 Å². The lowest BCUT2D eigenvalue weighted by molar-refractivity contribution is 0.102. The lowest BCUT2D eigenvalue weighted by atomic mass is 9.90. The van der Waals surface area contributed by atoms with Crippen LogP contribution in [-0.2, 0) is 12.8 Å². The Morgan fingerprint density at radius 1 is 1.15 bits per heavy atom. The predicted molar refractivity (Wildman–Crippen MR) is 101 cm³/mol. The molecule has 5 heteroatoms. The molecule has 1 aliphatic rings. The standard InChI is InChI=1S/C21H23N3O2/c1-13-11-18(15(3)24(13)20-12-14(2)26-23-20)21(25)22-19-10-6-8-16-7-4-5-9-17(16)19/h6,8,10-12H,4-5,7,9H2,1-3H3,(H,22,25). The Labute approximate surface area is 153 Å². The van der Waals surface area contributed by atoms with Gasteiger partial charge in [0.15, 0.2) is 5.82 Å². The van der Waals surface area contributed by atoms with Crippen LogP contribution < -0.4 is 5.32 Å². The van der Waals surface area contributed by atoms with Gasteiger partial charge in [-0.15, -0.1) is 0 Å². The fourth-order valence-corrected chi connectivity index (χ4v) is 3.89. The minimum Gasteiger partial charge on any atom is -0.360 e. The Bertz CT molecular complexity index is 981. The van der Waals surface area contributed by atoms with Crippen LogP contribution in [0.2, 0.25) is 0 Å². The number of aryl methyl sites for hydroxylation is 3. The van der Waals surface area contributed by atoms with Gasteiger partial charge in [0.05, 0.1) is 5.56 Å². The Balaban J connectivity index is 1.66. The fraction of sp³-hybridized carbons (Fsp3) is 0.333. The van der Waals surface area contributed by atoms with E-state index in [0.29, 0.717) is 11.4 Å². The molecule has 1 amide bonds. The maximum atomic E-state index is 13.0. The third-order valence-electron chi connectivity index (χ3n) is 5.16. The van der Waals surface area contributed by atoms with Gasteiger partial charge in [-0.2, -0.15) is 0 Å². The molecular weight excluding hydrogens is 326 g/mol. The molecule has 26 heavy (non-hydrogen) atoms. The molecule has 0 bridgehead atoms. The summed E-state index contributed by atoms with van der Waals surface area (Å²) in [6.07, 6.45) is 4.53. The molecule has 0 radical (unpaired) electrons. The van der Waals surface area contributed by atoms with Crippen LogP contribution in [0.4, 0.5) is 5.69 Å². The smallest absolute Gasteiger partial charge is 0.257 e. The maximum Gasteiger partial charge on any atom is 0.257 e. The SMILES string of the molecule is Cc1cc(-n2c(C)cc(C(=O)Nc3cccc4c3CCCC4)c2C)no1. The van der Waals surface area contributed by atoms with Crippen molar-refractivity contribution in [2.24, 2.45) is 0 Å². The number of nitrogens with one attached hydrogen (secondary N) is 1. The van der Waals surface area contributed by atoms with Crippen LogP contribution in [0, 0.1) is 20.8 Å². The third kappa shape index (κ3) is 2.83. The molecule has 0 spiro atoms. The number of carbonyl (C=O) groups is 1. The zero-order valence-corrected chi connectivity index (χ0v) is 15.4. The highest BCUT2D eigenvalue weighted by molar-refractivity contribution is 6.05. The summed E-state index contributed by atoms with van der Waals surface area (Å²) in [5, 5.41) is 7.21. The summed E-state index contributed by atoms with van der Waals surface area (Å²) in [5.41, 5.74) is 6.06. The molecule has 0 fully saturated rings. The second-order valence-corrected chi connectivity index (χ2v) is 7.02. The van der Waals surface area contributed by atoms with Gasteiger partial charge >= 0.3 is 0 Å². The van der Waals surface area contributed by atoms with Crippen molar-refractivity contribution >= 4 is 11.6 Å². The van der Waals surface area contributed by atoms with Crippen molar-refractivity contribution in [3.8, 4) is 5.82 Å². The minimum absolute atomic E-state index is 0.0801. The highest BCUT2D eigenvalue weighted by Crippen LogP contribution is 2.29. The van der Waals surface area contributed by atoms with E-state index in [2.05, 4.69) is 16.5 Å². The molecule has 0 atom stereocenters. The largest absolute Gasteiger partial charge is 0.360 e. The number of hydrogen-bond acceptors (Lipinski definition) is 3. The number of hydrogen-bond donors (Lipinski definition) is 1. The van der Waals surface area contributed by atoms with Crippen molar-refractivity contribution < 1.29 is 9.32 Å². The number of carbonyl (C=O) groups excluding carboxylic acids is 1. The third-order valence-corrected chi connectivity index (χ3v) is 5.16. The molecule has 0 unspecified atom stereocenters. The Kier molecular flexibility index (Phi) is 4.15. The van der Waals surface area contributed by atoms with E-state index in [1.807, 2.05) is 49.6 Å². The van der Waals surface area contributed by atoms with Crippen LogP contribution >= 0.6 is 0 Å². The average molecular weight is 349 g/mol. The van der Waals surface area contributed by atoms with Crippen LogP contribution in [0.15, 0.2) is 34.9 Å². The second-order valence-electron chi connectivity index (χ2n) is 7.02. The molecule has 2 aromatic heterocycles. The quantitative estimate of drug-likeness (QED) is 0.756. The van der Waals surface area contributed by atoms with Crippen LogP contribution in [0.1, 0.15) is 51.5 Å². The Morgan fingerprint density at radius 2 is 1.96 bits per heavy atom. The molecule has 134 valence electrons. The molecule has 1 N–H and O–H groups in total. The van der Waals surface area contributed by atoms with Gasteiger partial charge in [-0.3, -0.25) is 9.36 Å². The van der Waals surface area contributed by atoms with Gasteiger partial charge in [0.1, 0.15) is 5.76 Å². The van der Waals surface area contributed by atoms with E-state index < -0.39 is 0 Å². The van der Waals surface area contributed by atoms with E-state index in [0.717, 1.165) is 35.7 Å². The van der Waals surface area contributed by atoms with Gasteiger partial charge in [-0.05, 0) is 69.7 Å². The van der Waals surface area contributed by atoms with Gasteiger partial charge in [0, 0.05) is 23.1 Å². The van der Waals surface area contributed by atoms with Crippen LogP contribution in [-0.4, -0.2) is 15.6 Å². The van der Waals surface area contributed by atoms with Crippen molar-refractivity contribution in [1.29, 1.82) is 0 Å². The van der Waals surface area contributed by atoms with Gasteiger partial charge < -0.3 is 9.84 Å². The molecular formula is C21H23N3O2. The molecule has 0 saturated carbocycles. The first kappa shape index (κ1) is 16.6. The molecule has 2 heterocycles. The molecule has 0 aliphatic heterocycles. The maximum absolute atomic E-state index is 13.0. The summed E-state index contributed by atoms with van der Waals surface area (Å²) >= 11 is 0. The van der Waals surface area contributed by atoms with Gasteiger partial charge in [-0.25, -0.2) is 0 Å². The summed E-state index contributed by atoms with van der Waals surface area (Å²) in [4.78, 5) is 13.0. The van der Waals surface area contributed by atoms with E-state index in [4.69, 9.17) is 4.52 Å². The zero-order chi connectivity index (χ0) is 18.3. The van der Waals surface area contributed by atoms with E-state index in [9.17, 15) is 4.79 Å². The topological polar surface area (TPSA) is 60.1 Å². The minimum atomic E-state index is -0.0801. The average Bonchev–Trinajstić information content (AvgIpc) is 3.18. The highest BCUT2D eigenvalue weighted by Gasteiger charge is 2.20. The lowest BCUT2D eigenvalue weighted by Gasteiger charge is -2.19. The van der Waals surface area contributed by atoms with E-state index in [1.54, 1.807) is 0 Å². The summed E-state index contributed by atoms with van der Waals surface area (Å²) in [6, 6.07) is 9.98. The highest BCUT2D eigenvalue weighted by atomic mass is 16.5. The Hall–Kier alpha value is -2.82. The number of nitrogens with zero attached hydrogens (tertiary/aromatic N) is 2. The van der Waals surface area contributed by atoms with Crippen molar-refractivity contribution in [1.82, 2.24) is 9.72 Å². The monoisotopic (exact) mass is 349 g/mol. The molecule has 5 nitrogen and oxygen atoms in total. The second kappa shape index (κ2) is 6.48. The summed E-state index contributed by atoms with van der Waals surface area (Å²) in [7, 11) is 0. The van der Waals surface area contributed by atoms with E-state index in [1.165, 1.54) is 24.0 Å². The summed E-state index contributed by atoms with van der Waals surface area (Å²) in [5.74, 6) is 1.37. The molecule has 1 aliphatic carbocycles. The van der Waals surface area contributed by atoms with E-state index in [-0.39, 0.29) is 5.91 Å². The zero-order valence-electron chi connectivity index (χ0n) is 15.4. The molecule has 0 saturated heterocycles.